The van der Waals surface area contributed by atoms with Gasteiger partial charge in [-0.15, -0.1) is 0 Å². The minimum atomic E-state index is -0.407. The van der Waals surface area contributed by atoms with Crippen LogP contribution in [0.4, 0.5) is 0 Å². The lowest BCUT2D eigenvalue weighted by Crippen LogP contribution is -2.27. The number of aryl methyl sites for hydroxylation is 1. The van der Waals surface area contributed by atoms with Gasteiger partial charge >= 0.3 is 5.63 Å². The summed E-state index contributed by atoms with van der Waals surface area (Å²) in [5, 5.41) is 0.848. The molecular weight excluding hydrogens is 382 g/mol. The van der Waals surface area contributed by atoms with E-state index in [0.29, 0.717) is 36.5 Å². The number of hydrogen-bond donors (Lipinski definition) is 0. The van der Waals surface area contributed by atoms with E-state index in [0.717, 1.165) is 22.3 Å². The van der Waals surface area contributed by atoms with Crippen LogP contribution in [0.25, 0.3) is 11.0 Å². The molecule has 0 unspecified atom stereocenters. The quantitative estimate of drug-likeness (QED) is 0.524. The molecular formula is C24H27NO5. The molecule has 1 amide bonds. The number of ether oxygens (including phenoxy) is 2. The Morgan fingerprint density at radius 1 is 1.10 bits per heavy atom. The summed E-state index contributed by atoms with van der Waals surface area (Å²) >= 11 is 0. The first kappa shape index (κ1) is 21.4. The number of amides is 1. The van der Waals surface area contributed by atoms with Gasteiger partial charge in [0.25, 0.3) is 0 Å². The normalized spacial score (nSPS) is 10.8. The highest BCUT2D eigenvalue weighted by molar-refractivity contribution is 5.82. The van der Waals surface area contributed by atoms with Crippen molar-refractivity contribution in [3.8, 4) is 11.5 Å². The zero-order chi connectivity index (χ0) is 21.7. The third-order valence-electron chi connectivity index (χ3n) is 5.16. The van der Waals surface area contributed by atoms with Crippen LogP contribution in [0.1, 0.15) is 30.0 Å². The Morgan fingerprint density at radius 2 is 1.80 bits per heavy atom. The summed E-state index contributed by atoms with van der Waals surface area (Å²) in [4.78, 5) is 26.7. The van der Waals surface area contributed by atoms with Crippen LogP contribution in [0.5, 0.6) is 11.5 Å². The minimum Gasteiger partial charge on any atom is -0.497 e. The van der Waals surface area contributed by atoms with Gasteiger partial charge in [-0.2, -0.15) is 0 Å². The van der Waals surface area contributed by atoms with Gasteiger partial charge in [-0.1, -0.05) is 12.1 Å². The lowest BCUT2D eigenvalue weighted by atomic mass is 10.0. The summed E-state index contributed by atoms with van der Waals surface area (Å²) in [6.07, 6.45) is 0.573. The molecule has 30 heavy (non-hydrogen) atoms. The molecule has 0 N–H and O–H groups in total. The Morgan fingerprint density at radius 3 is 2.47 bits per heavy atom. The lowest BCUT2D eigenvalue weighted by Gasteiger charge is -2.18. The second-order valence-electron chi connectivity index (χ2n) is 7.18. The fourth-order valence-corrected chi connectivity index (χ4v) is 3.43. The molecule has 2 aromatic carbocycles. The predicted molar refractivity (Wildman–Crippen MR) is 116 cm³/mol. The maximum atomic E-state index is 12.6. The SMILES string of the molecule is CCOc1ccc(CN(C)C(=O)CCc2c(C)c3ccc(OC)cc3oc2=O)cc1. The molecule has 0 atom stereocenters. The summed E-state index contributed by atoms with van der Waals surface area (Å²) in [6, 6.07) is 13.1. The van der Waals surface area contributed by atoms with Crippen LogP contribution >= 0.6 is 0 Å². The molecule has 3 aromatic rings. The van der Waals surface area contributed by atoms with Gasteiger partial charge in [-0.25, -0.2) is 4.79 Å². The molecule has 0 saturated carbocycles. The van der Waals surface area contributed by atoms with Crippen molar-refractivity contribution in [1.82, 2.24) is 4.90 Å². The Balaban J connectivity index is 1.67. The van der Waals surface area contributed by atoms with Crippen molar-refractivity contribution in [3.63, 3.8) is 0 Å². The highest BCUT2D eigenvalue weighted by atomic mass is 16.5. The molecule has 0 saturated heterocycles. The van der Waals surface area contributed by atoms with Gasteiger partial charge in [0, 0.05) is 37.0 Å². The Bertz CT molecular complexity index is 1090. The van der Waals surface area contributed by atoms with Gasteiger partial charge < -0.3 is 18.8 Å². The predicted octanol–water partition coefficient (Wildman–Crippen LogP) is 4.10. The molecule has 0 radical (unpaired) electrons. The summed E-state index contributed by atoms with van der Waals surface area (Å²) in [6.45, 7) is 4.94. The molecule has 158 valence electrons. The molecule has 0 fully saturated rings. The topological polar surface area (TPSA) is 69.0 Å². The molecule has 6 nitrogen and oxygen atoms in total. The van der Waals surface area contributed by atoms with Crippen molar-refractivity contribution in [3.05, 3.63) is 69.6 Å². The van der Waals surface area contributed by atoms with Crippen molar-refractivity contribution in [1.29, 1.82) is 0 Å². The van der Waals surface area contributed by atoms with Crippen molar-refractivity contribution in [2.75, 3.05) is 20.8 Å². The lowest BCUT2D eigenvalue weighted by molar-refractivity contribution is -0.130. The largest absolute Gasteiger partial charge is 0.497 e. The zero-order valence-electron chi connectivity index (χ0n) is 17.9. The van der Waals surface area contributed by atoms with Crippen LogP contribution in [0.3, 0.4) is 0 Å². The van der Waals surface area contributed by atoms with Crippen LogP contribution in [0.15, 0.2) is 51.7 Å². The number of fused-ring (bicyclic) bond motifs is 1. The second kappa shape index (κ2) is 9.48. The number of benzene rings is 2. The first-order chi connectivity index (χ1) is 14.4. The van der Waals surface area contributed by atoms with E-state index in [-0.39, 0.29) is 12.3 Å². The average Bonchev–Trinajstić information content (AvgIpc) is 2.74. The van der Waals surface area contributed by atoms with Crippen molar-refractivity contribution in [2.45, 2.75) is 33.2 Å². The van der Waals surface area contributed by atoms with E-state index in [2.05, 4.69) is 0 Å². The van der Waals surface area contributed by atoms with Crippen molar-refractivity contribution in [2.24, 2.45) is 0 Å². The number of methoxy groups -OCH3 is 1. The van der Waals surface area contributed by atoms with E-state index in [1.807, 2.05) is 50.2 Å². The van der Waals surface area contributed by atoms with Gasteiger partial charge in [0.1, 0.15) is 17.1 Å². The summed E-state index contributed by atoms with van der Waals surface area (Å²) in [5.74, 6) is 1.41. The molecule has 0 bridgehead atoms. The second-order valence-corrected chi connectivity index (χ2v) is 7.18. The fourth-order valence-electron chi connectivity index (χ4n) is 3.43. The van der Waals surface area contributed by atoms with E-state index < -0.39 is 5.63 Å². The van der Waals surface area contributed by atoms with Crippen molar-refractivity contribution < 1.29 is 18.7 Å². The van der Waals surface area contributed by atoms with E-state index in [4.69, 9.17) is 13.9 Å². The summed E-state index contributed by atoms with van der Waals surface area (Å²) < 4.78 is 16.1. The van der Waals surface area contributed by atoms with E-state index in [9.17, 15) is 9.59 Å². The number of carbonyl (C=O) groups is 1. The molecule has 0 spiro atoms. The highest BCUT2D eigenvalue weighted by Gasteiger charge is 2.15. The monoisotopic (exact) mass is 409 g/mol. The Hall–Kier alpha value is -3.28. The van der Waals surface area contributed by atoms with Crippen LogP contribution < -0.4 is 15.1 Å². The summed E-state index contributed by atoms with van der Waals surface area (Å²) in [5.41, 5.74) is 2.47. The van der Waals surface area contributed by atoms with E-state index in [1.165, 1.54) is 0 Å². The number of hydrogen-bond acceptors (Lipinski definition) is 5. The fraction of sp³-hybridized carbons (Fsp3) is 0.333. The number of carbonyl (C=O) groups excluding carboxylic acids is 1. The van der Waals surface area contributed by atoms with Crippen LogP contribution in [0, 0.1) is 6.92 Å². The standard InChI is InChI=1S/C24H27NO5/c1-5-29-18-8-6-17(7-9-18)15-25(3)23(26)13-12-21-16(2)20-11-10-19(28-4)14-22(20)30-24(21)27/h6-11,14H,5,12-13,15H2,1-4H3. The maximum Gasteiger partial charge on any atom is 0.339 e. The number of nitrogens with zero attached hydrogens (tertiary/aromatic N) is 1. The Kier molecular flexibility index (Phi) is 6.77. The zero-order valence-corrected chi connectivity index (χ0v) is 17.9. The number of rotatable bonds is 8. The van der Waals surface area contributed by atoms with Crippen LogP contribution in [-0.4, -0.2) is 31.6 Å². The maximum absolute atomic E-state index is 12.6. The highest BCUT2D eigenvalue weighted by Crippen LogP contribution is 2.24. The van der Waals surface area contributed by atoms with E-state index >= 15 is 0 Å². The summed E-state index contributed by atoms with van der Waals surface area (Å²) in [7, 11) is 3.33. The minimum absolute atomic E-state index is 0.0301. The molecule has 6 heteroatoms. The van der Waals surface area contributed by atoms with Gasteiger partial charge in [-0.3, -0.25) is 4.79 Å². The van der Waals surface area contributed by atoms with Crippen LogP contribution in [0.2, 0.25) is 0 Å². The Labute approximate surface area is 176 Å². The molecule has 1 heterocycles. The molecule has 1 aromatic heterocycles. The average molecular weight is 409 g/mol. The van der Waals surface area contributed by atoms with Crippen LogP contribution in [-0.2, 0) is 17.8 Å². The van der Waals surface area contributed by atoms with Gasteiger partial charge in [0.05, 0.1) is 13.7 Å². The molecule has 0 aliphatic rings. The first-order valence-electron chi connectivity index (χ1n) is 9.99. The van der Waals surface area contributed by atoms with Gasteiger partial charge in [0.2, 0.25) is 5.91 Å². The van der Waals surface area contributed by atoms with E-state index in [1.54, 1.807) is 25.1 Å². The third kappa shape index (κ3) is 4.82. The molecule has 0 aliphatic heterocycles. The smallest absolute Gasteiger partial charge is 0.339 e. The molecule has 3 rings (SSSR count). The van der Waals surface area contributed by atoms with Gasteiger partial charge in [-0.05, 0) is 55.7 Å². The molecule has 0 aliphatic carbocycles. The van der Waals surface area contributed by atoms with Gasteiger partial charge in [0.15, 0.2) is 0 Å². The first-order valence-corrected chi connectivity index (χ1v) is 9.99. The third-order valence-corrected chi connectivity index (χ3v) is 5.16. The van der Waals surface area contributed by atoms with Crippen molar-refractivity contribution >= 4 is 16.9 Å².